The third-order valence-corrected chi connectivity index (χ3v) is 3.40. The van der Waals surface area contributed by atoms with E-state index in [0.717, 1.165) is 37.4 Å². The zero-order valence-corrected chi connectivity index (χ0v) is 10.7. The molecule has 1 saturated heterocycles. The minimum Gasteiger partial charge on any atom is -0.376 e. The number of rotatable bonds is 3. The number of hydrogen-bond donors (Lipinski definition) is 1. The molecule has 1 aliphatic heterocycles. The van der Waals surface area contributed by atoms with Crippen LogP contribution in [0.5, 0.6) is 0 Å². The molecule has 18 heavy (non-hydrogen) atoms. The molecule has 1 fully saturated rings. The van der Waals surface area contributed by atoms with Crippen molar-refractivity contribution in [3.05, 3.63) is 29.3 Å². The Kier molecular flexibility index (Phi) is 3.21. The molecule has 1 aliphatic rings. The van der Waals surface area contributed by atoms with Crippen LogP contribution in [0.15, 0.2) is 24.5 Å². The summed E-state index contributed by atoms with van der Waals surface area (Å²) >= 11 is 5.28. The van der Waals surface area contributed by atoms with Gasteiger partial charge in [0.15, 0.2) is 10.6 Å². The molecule has 0 amide bonds. The maximum Gasteiger partial charge on any atom is 0.195 e. The third-order valence-electron chi connectivity index (χ3n) is 3.09. The molecule has 0 bridgehead atoms. The second-order valence-corrected chi connectivity index (χ2v) is 4.73. The van der Waals surface area contributed by atoms with Gasteiger partial charge in [-0.2, -0.15) is 5.10 Å². The first-order valence-electron chi connectivity index (χ1n) is 6.02. The molecule has 0 spiro atoms. The Labute approximate surface area is 110 Å². The summed E-state index contributed by atoms with van der Waals surface area (Å²) in [4.78, 5) is 4.11. The largest absolute Gasteiger partial charge is 0.376 e. The summed E-state index contributed by atoms with van der Waals surface area (Å²) in [7, 11) is 0. The number of aromatic amines is 1. The lowest BCUT2D eigenvalue weighted by Crippen LogP contribution is -2.16. The number of H-pyrrole nitrogens is 1. The van der Waals surface area contributed by atoms with Crippen molar-refractivity contribution < 1.29 is 4.74 Å². The second kappa shape index (κ2) is 4.99. The van der Waals surface area contributed by atoms with E-state index < -0.39 is 0 Å². The summed E-state index contributed by atoms with van der Waals surface area (Å²) in [5.41, 5.74) is 0.961. The van der Waals surface area contributed by atoms with Crippen LogP contribution in [-0.2, 0) is 11.3 Å². The van der Waals surface area contributed by atoms with Crippen LogP contribution in [0.4, 0.5) is 0 Å². The molecule has 1 N–H and O–H groups in total. The molecule has 2 aromatic rings. The fourth-order valence-corrected chi connectivity index (χ4v) is 2.40. The highest BCUT2D eigenvalue weighted by atomic mass is 32.1. The minimum atomic E-state index is 0.240. The van der Waals surface area contributed by atoms with E-state index in [4.69, 9.17) is 17.0 Å². The molecule has 3 heterocycles. The standard InChI is InChI=1S/C12H14N4OS/c18-12-15-14-11(9-3-1-5-13-7-9)16(12)8-10-4-2-6-17-10/h1,3,5,7,10H,2,4,6,8H2,(H,15,18). The van der Waals surface area contributed by atoms with Crippen molar-refractivity contribution >= 4 is 12.2 Å². The van der Waals surface area contributed by atoms with Crippen LogP contribution in [0.2, 0.25) is 0 Å². The number of aromatic nitrogens is 4. The van der Waals surface area contributed by atoms with Gasteiger partial charge in [0.25, 0.3) is 0 Å². The summed E-state index contributed by atoms with van der Waals surface area (Å²) in [6.45, 7) is 1.59. The highest BCUT2D eigenvalue weighted by Gasteiger charge is 2.19. The first-order valence-corrected chi connectivity index (χ1v) is 6.42. The van der Waals surface area contributed by atoms with E-state index in [9.17, 15) is 0 Å². The topological polar surface area (TPSA) is 55.7 Å². The maximum absolute atomic E-state index is 5.65. The summed E-state index contributed by atoms with van der Waals surface area (Å²) in [6.07, 6.45) is 5.98. The van der Waals surface area contributed by atoms with Gasteiger partial charge >= 0.3 is 0 Å². The number of nitrogens with zero attached hydrogens (tertiary/aromatic N) is 3. The van der Waals surface area contributed by atoms with Crippen molar-refractivity contribution in [1.29, 1.82) is 0 Å². The Morgan fingerprint density at radius 3 is 3.22 bits per heavy atom. The number of nitrogens with one attached hydrogen (secondary N) is 1. The quantitative estimate of drug-likeness (QED) is 0.861. The molecular formula is C12H14N4OS. The smallest absolute Gasteiger partial charge is 0.195 e. The minimum absolute atomic E-state index is 0.240. The molecule has 6 heteroatoms. The summed E-state index contributed by atoms with van der Waals surface area (Å²) in [6, 6.07) is 3.87. The zero-order chi connectivity index (χ0) is 12.4. The zero-order valence-electron chi connectivity index (χ0n) is 9.87. The average molecular weight is 262 g/mol. The fourth-order valence-electron chi connectivity index (χ4n) is 2.19. The predicted octanol–water partition coefficient (Wildman–Crippen LogP) is 2.18. The SMILES string of the molecule is S=c1[nH]nc(-c2cccnc2)n1CC1CCCO1. The van der Waals surface area contributed by atoms with E-state index in [0.29, 0.717) is 4.77 Å². The highest BCUT2D eigenvalue weighted by molar-refractivity contribution is 7.71. The van der Waals surface area contributed by atoms with Crippen LogP contribution >= 0.6 is 12.2 Å². The summed E-state index contributed by atoms with van der Waals surface area (Å²) in [5.74, 6) is 0.823. The first-order chi connectivity index (χ1) is 8.84. The van der Waals surface area contributed by atoms with Crippen LogP contribution in [0.25, 0.3) is 11.4 Å². The van der Waals surface area contributed by atoms with E-state index >= 15 is 0 Å². The van der Waals surface area contributed by atoms with Gasteiger partial charge in [0.1, 0.15) is 0 Å². The highest BCUT2D eigenvalue weighted by Crippen LogP contribution is 2.19. The molecule has 1 atom stereocenters. The Morgan fingerprint density at radius 2 is 2.50 bits per heavy atom. The van der Waals surface area contributed by atoms with Crippen molar-refractivity contribution in [2.24, 2.45) is 0 Å². The van der Waals surface area contributed by atoms with Crippen LogP contribution in [-0.4, -0.2) is 32.5 Å². The van der Waals surface area contributed by atoms with E-state index in [1.165, 1.54) is 0 Å². The second-order valence-electron chi connectivity index (χ2n) is 4.34. The van der Waals surface area contributed by atoms with E-state index in [2.05, 4.69) is 15.2 Å². The van der Waals surface area contributed by atoms with E-state index in [1.54, 1.807) is 12.4 Å². The molecule has 0 saturated carbocycles. The molecule has 0 aliphatic carbocycles. The van der Waals surface area contributed by atoms with E-state index in [-0.39, 0.29) is 6.10 Å². The molecule has 2 aromatic heterocycles. The van der Waals surface area contributed by atoms with Crippen LogP contribution in [0.1, 0.15) is 12.8 Å². The Hall–Kier alpha value is -1.53. The van der Waals surface area contributed by atoms with Gasteiger partial charge in [0.05, 0.1) is 12.6 Å². The van der Waals surface area contributed by atoms with Crippen molar-refractivity contribution in [2.45, 2.75) is 25.5 Å². The van der Waals surface area contributed by atoms with Gasteiger partial charge in [-0.15, -0.1) is 0 Å². The summed E-state index contributed by atoms with van der Waals surface area (Å²) in [5, 5.41) is 7.12. The summed E-state index contributed by atoms with van der Waals surface area (Å²) < 4.78 is 8.27. The Bertz CT molecular complexity index is 571. The van der Waals surface area contributed by atoms with Crippen LogP contribution in [0, 0.1) is 4.77 Å². The normalized spacial score (nSPS) is 19.2. The molecule has 0 aromatic carbocycles. The molecule has 94 valence electrons. The first kappa shape index (κ1) is 11.6. The molecule has 3 rings (SSSR count). The lowest BCUT2D eigenvalue weighted by molar-refractivity contribution is 0.0970. The Balaban J connectivity index is 1.93. The molecular weight excluding hydrogens is 248 g/mol. The van der Waals surface area contributed by atoms with Gasteiger partial charge in [0.2, 0.25) is 0 Å². The van der Waals surface area contributed by atoms with Gasteiger partial charge in [-0.3, -0.25) is 14.6 Å². The van der Waals surface area contributed by atoms with Gasteiger partial charge in [0, 0.05) is 24.6 Å². The van der Waals surface area contributed by atoms with Gasteiger partial charge in [-0.05, 0) is 37.2 Å². The van der Waals surface area contributed by atoms with Crippen molar-refractivity contribution in [2.75, 3.05) is 6.61 Å². The van der Waals surface area contributed by atoms with Crippen LogP contribution < -0.4 is 0 Å². The van der Waals surface area contributed by atoms with Crippen molar-refractivity contribution in [3.8, 4) is 11.4 Å². The van der Waals surface area contributed by atoms with Gasteiger partial charge < -0.3 is 4.74 Å². The number of ether oxygens (including phenoxy) is 1. The predicted molar refractivity (Wildman–Crippen MR) is 69.6 cm³/mol. The molecule has 0 radical (unpaired) electrons. The molecule has 5 nitrogen and oxygen atoms in total. The lowest BCUT2D eigenvalue weighted by Gasteiger charge is -2.11. The van der Waals surface area contributed by atoms with Crippen LogP contribution in [0.3, 0.4) is 0 Å². The Morgan fingerprint density at radius 1 is 1.56 bits per heavy atom. The van der Waals surface area contributed by atoms with Gasteiger partial charge in [-0.25, -0.2) is 0 Å². The molecule has 1 unspecified atom stereocenters. The lowest BCUT2D eigenvalue weighted by atomic mass is 10.2. The van der Waals surface area contributed by atoms with E-state index in [1.807, 2.05) is 16.7 Å². The number of pyridine rings is 1. The fraction of sp³-hybridized carbons (Fsp3) is 0.417. The van der Waals surface area contributed by atoms with Gasteiger partial charge in [-0.1, -0.05) is 0 Å². The third kappa shape index (κ3) is 2.21. The average Bonchev–Trinajstić information content (AvgIpc) is 3.03. The number of hydrogen-bond acceptors (Lipinski definition) is 4. The van der Waals surface area contributed by atoms with Crippen molar-refractivity contribution in [3.63, 3.8) is 0 Å². The monoisotopic (exact) mass is 262 g/mol. The maximum atomic E-state index is 5.65. The van der Waals surface area contributed by atoms with Crippen molar-refractivity contribution in [1.82, 2.24) is 19.7 Å².